The highest BCUT2D eigenvalue weighted by Crippen LogP contribution is 2.43. The third-order valence-electron chi connectivity index (χ3n) is 3.40. The fourth-order valence-corrected chi connectivity index (χ4v) is 2.67. The number of ketones is 2. The molecule has 1 heterocycles. The first-order valence-corrected chi connectivity index (χ1v) is 5.51. The highest BCUT2D eigenvalue weighted by Gasteiger charge is 2.46. The summed E-state index contributed by atoms with van der Waals surface area (Å²) in [6.45, 7) is 1.94. The second-order valence-electron chi connectivity index (χ2n) is 4.49. The second-order valence-corrected chi connectivity index (χ2v) is 4.49. The van der Waals surface area contributed by atoms with Gasteiger partial charge in [0.2, 0.25) is 11.6 Å². The quantitative estimate of drug-likeness (QED) is 0.622. The molecule has 0 aromatic heterocycles. The Morgan fingerprint density at radius 2 is 2.00 bits per heavy atom. The van der Waals surface area contributed by atoms with Crippen molar-refractivity contribution in [2.24, 2.45) is 5.92 Å². The van der Waals surface area contributed by atoms with Gasteiger partial charge in [-0.25, -0.2) is 0 Å². The van der Waals surface area contributed by atoms with Gasteiger partial charge in [0.25, 0.3) is 0 Å². The van der Waals surface area contributed by atoms with Gasteiger partial charge in [-0.15, -0.1) is 0 Å². The smallest absolute Gasteiger partial charge is 0.229 e. The van der Waals surface area contributed by atoms with E-state index in [4.69, 9.17) is 4.74 Å². The molecule has 1 aliphatic heterocycles. The van der Waals surface area contributed by atoms with Crippen molar-refractivity contribution in [1.82, 2.24) is 0 Å². The summed E-state index contributed by atoms with van der Waals surface area (Å²) < 4.78 is 5.74. The molecule has 0 bridgehead atoms. The molecule has 0 N–H and O–H groups in total. The molecular formula is C13H12O3. The average molecular weight is 216 g/mol. The Balaban J connectivity index is 2.16. The monoisotopic (exact) mass is 216 g/mol. The van der Waals surface area contributed by atoms with E-state index in [0.717, 1.165) is 5.56 Å². The molecular weight excluding hydrogens is 204 g/mol. The zero-order valence-electron chi connectivity index (χ0n) is 8.97. The Hall–Kier alpha value is -1.48. The van der Waals surface area contributed by atoms with Crippen molar-refractivity contribution in [2.75, 3.05) is 0 Å². The summed E-state index contributed by atoms with van der Waals surface area (Å²) in [6.07, 6.45) is 0.498. The van der Waals surface area contributed by atoms with Crippen LogP contribution >= 0.6 is 0 Å². The van der Waals surface area contributed by atoms with E-state index >= 15 is 0 Å². The van der Waals surface area contributed by atoms with Gasteiger partial charge in [-0.05, 0) is 18.9 Å². The van der Waals surface area contributed by atoms with Crippen LogP contribution in [-0.2, 0) is 9.53 Å². The SMILES string of the molecule is CC1CC2C(=O)C(=O)c3ccccc3C2O1. The summed E-state index contributed by atoms with van der Waals surface area (Å²) in [6, 6.07) is 7.25. The number of carbonyl (C=O) groups is 2. The molecule has 0 amide bonds. The molecule has 3 heteroatoms. The molecule has 1 aromatic carbocycles. The van der Waals surface area contributed by atoms with E-state index in [1.165, 1.54) is 0 Å². The normalized spacial score (nSPS) is 32.4. The van der Waals surface area contributed by atoms with E-state index < -0.39 is 0 Å². The predicted molar refractivity (Wildman–Crippen MR) is 57.2 cm³/mol. The Morgan fingerprint density at radius 1 is 1.25 bits per heavy atom. The average Bonchev–Trinajstić information content (AvgIpc) is 2.68. The van der Waals surface area contributed by atoms with Crippen molar-refractivity contribution in [1.29, 1.82) is 0 Å². The Kier molecular flexibility index (Phi) is 1.98. The van der Waals surface area contributed by atoms with Crippen LogP contribution < -0.4 is 0 Å². The number of hydrogen-bond donors (Lipinski definition) is 0. The molecule has 0 radical (unpaired) electrons. The molecule has 2 aliphatic rings. The first kappa shape index (κ1) is 9.73. The Morgan fingerprint density at radius 3 is 2.81 bits per heavy atom. The number of rotatable bonds is 0. The van der Waals surface area contributed by atoms with Gasteiger partial charge in [-0.1, -0.05) is 24.3 Å². The summed E-state index contributed by atoms with van der Waals surface area (Å²) >= 11 is 0. The molecule has 0 spiro atoms. The van der Waals surface area contributed by atoms with Gasteiger partial charge < -0.3 is 4.74 Å². The van der Waals surface area contributed by atoms with E-state index in [2.05, 4.69) is 0 Å². The molecule has 1 saturated heterocycles. The summed E-state index contributed by atoms with van der Waals surface area (Å²) in [5, 5.41) is 0. The molecule has 3 nitrogen and oxygen atoms in total. The Labute approximate surface area is 93.4 Å². The van der Waals surface area contributed by atoms with Crippen LogP contribution in [0.4, 0.5) is 0 Å². The van der Waals surface area contributed by atoms with Crippen molar-refractivity contribution >= 4 is 11.6 Å². The zero-order chi connectivity index (χ0) is 11.3. The van der Waals surface area contributed by atoms with E-state index in [9.17, 15) is 9.59 Å². The minimum Gasteiger partial charge on any atom is -0.370 e. The standard InChI is InChI=1S/C13H12O3/c1-7-6-10-12(15)11(14)8-4-2-3-5-9(8)13(10)16-7/h2-5,7,10,13H,6H2,1H3. The summed E-state index contributed by atoms with van der Waals surface area (Å²) in [4.78, 5) is 23.7. The Bertz CT molecular complexity index is 478. The summed E-state index contributed by atoms with van der Waals surface area (Å²) in [5.41, 5.74) is 1.39. The van der Waals surface area contributed by atoms with Gasteiger partial charge in [0, 0.05) is 5.56 Å². The predicted octanol–water partition coefficient (Wildman–Crippen LogP) is 1.92. The first-order chi connectivity index (χ1) is 7.68. The number of carbonyl (C=O) groups excluding carboxylic acids is 2. The third-order valence-corrected chi connectivity index (χ3v) is 3.40. The van der Waals surface area contributed by atoms with E-state index in [-0.39, 0.29) is 29.7 Å². The lowest BCUT2D eigenvalue weighted by Gasteiger charge is -2.24. The van der Waals surface area contributed by atoms with Crippen LogP contribution in [0.1, 0.15) is 35.4 Å². The topological polar surface area (TPSA) is 43.4 Å². The summed E-state index contributed by atoms with van der Waals surface area (Å²) in [7, 11) is 0. The van der Waals surface area contributed by atoms with Crippen LogP contribution in [0.5, 0.6) is 0 Å². The second kappa shape index (κ2) is 3.25. The molecule has 0 saturated carbocycles. The lowest BCUT2D eigenvalue weighted by molar-refractivity contribution is -0.121. The first-order valence-electron chi connectivity index (χ1n) is 5.51. The number of fused-ring (bicyclic) bond motifs is 3. The van der Waals surface area contributed by atoms with Crippen LogP contribution in [-0.4, -0.2) is 17.7 Å². The van der Waals surface area contributed by atoms with E-state index in [1.807, 2.05) is 19.1 Å². The van der Waals surface area contributed by atoms with Gasteiger partial charge >= 0.3 is 0 Å². The van der Waals surface area contributed by atoms with Gasteiger partial charge in [0.1, 0.15) is 0 Å². The van der Waals surface area contributed by atoms with Crippen molar-refractivity contribution in [2.45, 2.75) is 25.6 Å². The number of ether oxygens (including phenoxy) is 1. The van der Waals surface area contributed by atoms with E-state index in [0.29, 0.717) is 12.0 Å². The minimum absolute atomic E-state index is 0.0536. The van der Waals surface area contributed by atoms with Gasteiger partial charge in [0.15, 0.2) is 0 Å². The zero-order valence-corrected chi connectivity index (χ0v) is 8.97. The maximum atomic E-state index is 11.9. The lowest BCUT2D eigenvalue weighted by atomic mass is 9.79. The van der Waals surface area contributed by atoms with Crippen LogP contribution in [0.15, 0.2) is 24.3 Å². The molecule has 82 valence electrons. The van der Waals surface area contributed by atoms with Crippen LogP contribution in [0.2, 0.25) is 0 Å². The van der Waals surface area contributed by atoms with Gasteiger partial charge in [-0.3, -0.25) is 9.59 Å². The molecule has 16 heavy (non-hydrogen) atoms. The van der Waals surface area contributed by atoms with Crippen LogP contribution in [0, 0.1) is 5.92 Å². The maximum absolute atomic E-state index is 11.9. The van der Waals surface area contributed by atoms with Crippen molar-refractivity contribution in [3.63, 3.8) is 0 Å². The third kappa shape index (κ3) is 1.18. The minimum atomic E-state index is -0.352. The molecule has 1 fully saturated rings. The van der Waals surface area contributed by atoms with E-state index in [1.54, 1.807) is 12.1 Å². The molecule has 3 rings (SSSR count). The largest absolute Gasteiger partial charge is 0.370 e. The molecule has 3 atom stereocenters. The summed E-state index contributed by atoms with van der Waals surface area (Å²) in [5.74, 6) is -0.903. The number of Topliss-reactive ketones (excluding diaryl/α,β-unsaturated/α-hetero) is 2. The van der Waals surface area contributed by atoms with Crippen molar-refractivity contribution < 1.29 is 14.3 Å². The van der Waals surface area contributed by atoms with Gasteiger partial charge in [0.05, 0.1) is 18.1 Å². The molecule has 1 aromatic rings. The fraction of sp³-hybridized carbons (Fsp3) is 0.385. The maximum Gasteiger partial charge on any atom is 0.229 e. The van der Waals surface area contributed by atoms with Crippen molar-refractivity contribution in [3.8, 4) is 0 Å². The lowest BCUT2D eigenvalue weighted by Crippen LogP contribution is -2.32. The highest BCUT2D eigenvalue weighted by molar-refractivity contribution is 6.45. The fourth-order valence-electron chi connectivity index (χ4n) is 2.67. The van der Waals surface area contributed by atoms with Crippen LogP contribution in [0.25, 0.3) is 0 Å². The molecule has 1 aliphatic carbocycles. The highest BCUT2D eigenvalue weighted by atomic mass is 16.5. The molecule has 3 unspecified atom stereocenters. The number of hydrogen-bond acceptors (Lipinski definition) is 3. The number of benzene rings is 1. The van der Waals surface area contributed by atoms with Crippen molar-refractivity contribution in [3.05, 3.63) is 35.4 Å². The van der Waals surface area contributed by atoms with Crippen LogP contribution in [0.3, 0.4) is 0 Å². The van der Waals surface area contributed by atoms with Gasteiger partial charge in [-0.2, -0.15) is 0 Å².